The van der Waals surface area contributed by atoms with E-state index in [0.717, 1.165) is 54.6 Å². The maximum Gasteiger partial charge on any atom is 0.162 e. The quantitative estimate of drug-likeness (QED) is 0.433. The molecule has 1 fully saturated rings. The molecule has 1 N–H and O–H groups in total. The SMILES string of the molecule is COc1cc2ncnc(Nc3ccc(C)c(C)c3)c2cc1OC1CCN(C=CC=O)CC1. The van der Waals surface area contributed by atoms with E-state index in [1.165, 1.54) is 17.2 Å². The number of nitrogens with one attached hydrogen (secondary N) is 1. The lowest BCUT2D eigenvalue weighted by atomic mass is 10.1. The molecule has 1 aromatic heterocycles. The minimum Gasteiger partial charge on any atom is -0.493 e. The van der Waals surface area contributed by atoms with Crippen LogP contribution in [-0.4, -0.2) is 47.5 Å². The Morgan fingerprint density at radius 1 is 1.06 bits per heavy atom. The number of ether oxygens (including phenoxy) is 2. The van der Waals surface area contributed by atoms with E-state index in [1.54, 1.807) is 13.4 Å². The summed E-state index contributed by atoms with van der Waals surface area (Å²) in [4.78, 5) is 21.6. The van der Waals surface area contributed by atoms with Crippen LogP contribution in [0.1, 0.15) is 24.0 Å². The van der Waals surface area contributed by atoms with Crippen LogP contribution in [0.4, 0.5) is 11.5 Å². The molecule has 7 nitrogen and oxygen atoms in total. The second-order valence-electron chi connectivity index (χ2n) is 8.00. The predicted molar refractivity (Wildman–Crippen MR) is 126 cm³/mol. The second kappa shape index (κ2) is 9.68. The highest BCUT2D eigenvalue weighted by Gasteiger charge is 2.21. The summed E-state index contributed by atoms with van der Waals surface area (Å²) in [6.07, 6.45) is 7.51. The van der Waals surface area contributed by atoms with Gasteiger partial charge in [-0.05, 0) is 49.2 Å². The summed E-state index contributed by atoms with van der Waals surface area (Å²) in [6, 6.07) is 10.1. The number of allylic oxidation sites excluding steroid dienone is 1. The van der Waals surface area contributed by atoms with Crippen LogP contribution in [0.5, 0.6) is 11.5 Å². The number of hydrogen-bond acceptors (Lipinski definition) is 7. The number of methoxy groups -OCH3 is 1. The molecule has 1 aliphatic heterocycles. The maximum atomic E-state index is 10.5. The molecule has 0 aliphatic carbocycles. The fraction of sp³-hybridized carbons (Fsp3) is 0.320. The smallest absolute Gasteiger partial charge is 0.162 e. The van der Waals surface area contributed by atoms with Crippen LogP contribution in [0, 0.1) is 13.8 Å². The number of carbonyl (C=O) groups excluding carboxylic acids is 1. The van der Waals surface area contributed by atoms with Crippen LogP contribution in [0.2, 0.25) is 0 Å². The number of rotatable bonds is 7. The lowest BCUT2D eigenvalue weighted by Gasteiger charge is -2.31. The Bertz CT molecular complexity index is 1140. The molecule has 0 unspecified atom stereocenters. The highest BCUT2D eigenvalue weighted by atomic mass is 16.5. The van der Waals surface area contributed by atoms with Gasteiger partial charge in [0, 0.05) is 49.3 Å². The molecule has 2 heterocycles. The molecule has 3 aromatic rings. The fourth-order valence-electron chi connectivity index (χ4n) is 3.85. The van der Waals surface area contributed by atoms with E-state index >= 15 is 0 Å². The normalized spacial score (nSPS) is 14.7. The summed E-state index contributed by atoms with van der Waals surface area (Å²) in [7, 11) is 1.64. The molecule has 0 bridgehead atoms. The molecule has 0 atom stereocenters. The molecule has 0 spiro atoms. The molecule has 2 aromatic carbocycles. The first-order valence-electron chi connectivity index (χ1n) is 10.8. The summed E-state index contributed by atoms with van der Waals surface area (Å²) in [5.74, 6) is 2.05. The van der Waals surface area contributed by atoms with Gasteiger partial charge in [-0.2, -0.15) is 0 Å². The van der Waals surface area contributed by atoms with Crippen LogP contribution < -0.4 is 14.8 Å². The average Bonchev–Trinajstić information content (AvgIpc) is 2.81. The number of piperidine rings is 1. The van der Waals surface area contributed by atoms with Crippen molar-refractivity contribution in [2.75, 3.05) is 25.5 Å². The molecule has 0 radical (unpaired) electrons. The average molecular weight is 433 g/mol. The van der Waals surface area contributed by atoms with E-state index in [1.807, 2.05) is 24.4 Å². The zero-order valence-electron chi connectivity index (χ0n) is 18.7. The van der Waals surface area contributed by atoms with Gasteiger partial charge in [0.1, 0.15) is 24.5 Å². The van der Waals surface area contributed by atoms with Crippen molar-refractivity contribution in [3.8, 4) is 11.5 Å². The summed E-state index contributed by atoms with van der Waals surface area (Å²) in [5, 5.41) is 4.29. The van der Waals surface area contributed by atoms with Gasteiger partial charge in [-0.3, -0.25) is 4.79 Å². The summed E-state index contributed by atoms with van der Waals surface area (Å²) >= 11 is 0. The number of hydrogen-bond donors (Lipinski definition) is 1. The van der Waals surface area contributed by atoms with Crippen molar-refractivity contribution in [2.24, 2.45) is 0 Å². The van der Waals surface area contributed by atoms with Crippen molar-refractivity contribution in [3.63, 3.8) is 0 Å². The maximum absolute atomic E-state index is 10.5. The zero-order chi connectivity index (χ0) is 22.5. The molecule has 1 aliphatic rings. The van der Waals surface area contributed by atoms with Crippen LogP contribution in [0.15, 0.2) is 48.9 Å². The molecular formula is C25H28N4O3. The number of aromatic nitrogens is 2. The number of carbonyl (C=O) groups is 1. The van der Waals surface area contributed by atoms with Gasteiger partial charge in [-0.25, -0.2) is 9.97 Å². The van der Waals surface area contributed by atoms with Gasteiger partial charge < -0.3 is 19.7 Å². The Hall–Kier alpha value is -3.61. The van der Waals surface area contributed by atoms with Crippen LogP contribution in [-0.2, 0) is 4.79 Å². The van der Waals surface area contributed by atoms with Crippen LogP contribution in [0.25, 0.3) is 10.9 Å². The van der Waals surface area contributed by atoms with Gasteiger partial charge in [0.2, 0.25) is 0 Å². The number of anilines is 2. The van der Waals surface area contributed by atoms with Gasteiger partial charge in [-0.15, -0.1) is 0 Å². The van der Waals surface area contributed by atoms with E-state index in [-0.39, 0.29) is 6.10 Å². The second-order valence-corrected chi connectivity index (χ2v) is 8.00. The van der Waals surface area contributed by atoms with Gasteiger partial charge in [0.25, 0.3) is 0 Å². The number of fused-ring (bicyclic) bond motifs is 1. The Balaban J connectivity index is 1.59. The van der Waals surface area contributed by atoms with Crippen molar-refractivity contribution in [1.29, 1.82) is 0 Å². The third-order valence-corrected chi connectivity index (χ3v) is 5.84. The largest absolute Gasteiger partial charge is 0.493 e. The first kappa shape index (κ1) is 21.6. The van der Waals surface area contributed by atoms with Crippen molar-refractivity contribution < 1.29 is 14.3 Å². The third kappa shape index (κ3) is 4.82. The molecule has 7 heteroatoms. The first-order valence-corrected chi connectivity index (χ1v) is 10.8. The van der Waals surface area contributed by atoms with Crippen molar-refractivity contribution in [2.45, 2.75) is 32.8 Å². The molecule has 32 heavy (non-hydrogen) atoms. The molecule has 0 saturated carbocycles. The minimum atomic E-state index is 0.0722. The fourth-order valence-corrected chi connectivity index (χ4v) is 3.85. The van der Waals surface area contributed by atoms with Crippen molar-refractivity contribution in [3.05, 3.63) is 60.1 Å². The molecule has 166 valence electrons. The molecule has 1 saturated heterocycles. The number of likely N-dealkylation sites (tertiary alicyclic amines) is 1. The van der Waals surface area contributed by atoms with E-state index in [4.69, 9.17) is 9.47 Å². The van der Waals surface area contributed by atoms with Crippen molar-refractivity contribution in [1.82, 2.24) is 14.9 Å². The third-order valence-electron chi connectivity index (χ3n) is 5.84. The Morgan fingerprint density at radius 2 is 1.88 bits per heavy atom. The number of aldehydes is 1. The monoisotopic (exact) mass is 432 g/mol. The number of benzene rings is 2. The van der Waals surface area contributed by atoms with Crippen LogP contribution >= 0.6 is 0 Å². The van der Waals surface area contributed by atoms with Gasteiger partial charge in [-0.1, -0.05) is 6.07 Å². The zero-order valence-corrected chi connectivity index (χ0v) is 18.7. The van der Waals surface area contributed by atoms with E-state index in [9.17, 15) is 4.79 Å². The Kier molecular flexibility index (Phi) is 6.54. The Labute approximate surface area is 188 Å². The molecular weight excluding hydrogens is 404 g/mol. The van der Waals surface area contributed by atoms with Crippen molar-refractivity contribution >= 4 is 28.7 Å². The van der Waals surface area contributed by atoms with Gasteiger partial charge >= 0.3 is 0 Å². The predicted octanol–water partition coefficient (Wildman–Crippen LogP) is 4.55. The van der Waals surface area contributed by atoms with E-state index in [0.29, 0.717) is 11.5 Å². The highest BCUT2D eigenvalue weighted by Crippen LogP contribution is 2.36. The van der Waals surface area contributed by atoms with Gasteiger partial charge in [0.15, 0.2) is 11.5 Å². The summed E-state index contributed by atoms with van der Waals surface area (Å²) in [5.41, 5.74) is 4.22. The lowest BCUT2D eigenvalue weighted by molar-refractivity contribution is -0.104. The lowest BCUT2D eigenvalue weighted by Crippen LogP contribution is -2.35. The van der Waals surface area contributed by atoms with E-state index in [2.05, 4.69) is 46.2 Å². The molecule has 0 amide bonds. The van der Waals surface area contributed by atoms with E-state index < -0.39 is 0 Å². The first-order chi connectivity index (χ1) is 15.6. The Morgan fingerprint density at radius 3 is 2.59 bits per heavy atom. The summed E-state index contributed by atoms with van der Waals surface area (Å²) < 4.78 is 11.9. The highest BCUT2D eigenvalue weighted by molar-refractivity contribution is 5.93. The topological polar surface area (TPSA) is 76.6 Å². The summed E-state index contributed by atoms with van der Waals surface area (Å²) in [6.45, 7) is 5.87. The van der Waals surface area contributed by atoms with Gasteiger partial charge in [0.05, 0.1) is 12.6 Å². The molecule has 4 rings (SSSR count). The number of aryl methyl sites for hydroxylation is 2. The van der Waals surface area contributed by atoms with Crippen LogP contribution in [0.3, 0.4) is 0 Å². The standard InChI is InChI=1S/C25H28N4O3/c1-17-5-6-19(13-18(17)2)28-25-21-14-24(23(31-3)15-22(21)26-16-27-25)32-20-7-10-29(11-8-20)9-4-12-30/h4-6,9,12-16,20H,7-8,10-11H2,1-3H3,(H,26,27,28). The minimum absolute atomic E-state index is 0.0722. The number of nitrogens with zero attached hydrogens (tertiary/aromatic N) is 3.